The van der Waals surface area contributed by atoms with E-state index in [0.717, 1.165) is 58.5 Å². The third-order valence-corrected chi connectivity index (χ3v) is 3.98. The van der Waals surface area contributed by atoms with Crippen molar-refractivity contribution in [1.29, 1.82) is 0 Å². The van der Waals surface area contributed by atoms with Gasteiger partial charge in [-0.3, -0.25) is 0 Å². The van der Waals surface area contributed by atoms with Crippen LogP contribution in [0.15, 0.2) is 60.8 Å². The molecule has 0 aromatic carbocycles. The van der Waals surface area contributed by atoms with Crippen molar-refractivity contribution in [2.24, 2.45) is 0 Å². The molecule has 0 aliphatic carbocycles. The number of allylic oxidation sites excluding steroid dienone is 10. The Kier molecular flexibility index (Phi) is 20.7. The van der Waals surface area contributed by atoms with E-state index in [4.69, 9.17) is 19.7 Å². The van der Waals surface area contributed by atoms with Gasteiger partial charge in [0.25, 0.3) is 0 Å². The van der Waals surface area contributed by atoms with E-state index in [1.165, 1.54) is 0 Å². The zero-order valence-corrected chi connectivity index (χ0v) is 17.7. The Balaban J connectivity index is 0.00000352. The molecular weight excluding hydrogens is 352 g/mol. The highest BCUT2D eigenvalue weighted by molar-refractivity contribution is 5.00. The summed E-state index contributed by atoms with van der Waals surface area (Å²) in [4.78, 5) is 0. The van der Waals surface area contributed by atoms with E-state index in [-0.39, 0.29) is 19.0 Å². The molecule has 2 unspecified atom stereocenters. The van der Waals surface area contributed by atoms with Gasteiger partial charge in [0.2, 0.25) is 0 Å². The molecule has 1 rings (SSSR count). The van der Waals surface area contributed by atoms with Crippen molar-refractivity contribution < 1.29 is 19.7 Å². The van der Waals surface area contributed by atoms with Crippen LogP contribution in [0.4, 0.5) is 0 Å². The van der Waals surface area contributed by atoms with Crippen molar-refractivity contribution in [3.05, 3.63) is 60.8 Å². The second kappa shape index (κ2) is 21.8. The van der Waals surface area contributed by atoms with Crippen LogP contribution >= 0.6 is 0 Å². The van der Waals surface area contributed by atoms with Gasteiger partial charge in [-0.15, -0.1) is 0 Å². The fourth-order valence-electron chi connectivity index (χ4n) is 2.53. The zero-order valence-electron chi connectivity index (χ0n) is 17.7. The van der Waals surface area contributed by atoms with E-state index < -0.39 is 0 Å². The Morgan fingerprint density at radius 3 is 1.75 bits per heavy atom. The molecule has 160 valence electrons. The van der Waals surface area contributed by atoms with Gasteiger partial charge in [0, 0.05) is 7.11 Å². The standard InChI is InChI=1S/C23H36O3.CH4O/c1-2-3-4-5-6-7-8-9-10-11-12-13-14-15-16-17-18-19-23-25-21-22(20-24)26-23;1-2/h3-4,6-7,9-10,12-13,15-16,22-24H,2,5,8,11,14,17-21H2,1H3;2H,1H3/b4-3-,7-6-,10-9-,13-12-,16-15-;. The largest absolute Gasteiger partial charge is 0.400 e. The maximum atomic E-state index is 8.97. The summed E-state index contributed by atoms with van der Waals surface area (Å²) in [6, 6.07) is 0. The lowest BCUT2D eigenvalue weighted by Gasteiger charge is -2.08. The number of aliphatic hydroxyl groups is 2. The summed E-state index contributed by atoms with van der Waals surface area (Å²) < 4.78 is 11.0. The fraction of sp³-hybridized carbons (Fsp3) is 0.583. The summed E-state index contributed by atoms with van der Waals surface area (Å²) in [5.41, 5.74) is 0. The first-order chi connectivity index (χ1) is 13.9. The molecule has 0 aromatic rings. The molecule has 4 heteroatoms. The van der Waals surface area contributed by atoms with E-state index in [9.17, 15) is 0 Å². The summed E-state index contributed by atoms with van der Waals surface area (Å²) in [5.74, 6) is 0. The lowest BCUT2D eigenvalue weighted by Crippen LogP contribution is -2.16. The number of aliphatic hydroxyl groups excluding tert-OH is 2. The van der Waals surface area contributed by atoms with Crippen LogP contribution in [0.5, 0.6) is 0 Å². The molecular formula is C24H40O4. The van der Waals surface area contributed by atoms with Gasteiger partial charge in [-0.1, -0.05) is 67.7 Å². The van der Waals surface area contributed by atoms with Crippen LogP contribution in [0.2, 0.25) is 0 Å². The van der Waals surface area contributed by atoms with Gasteiger partial charge >= 0.3 is 0 Å². The Hall–Kier alpha value is -1.46. The maximum absolute atomic E-state index is 8.97. The van der Waals surface area contributed by atoms with Gasteiger partial charge in [-0.2, -0.15) is 0 Å². The first kappa shape index (κ1) is 26.5. The molecule has 2 atom stereocenters. The minimum Gasteiger partial charge on any atom is -0.400 e. The van der Waals surface area contributed by atoms with E-state index >= 15 is 0 Å². The molecule has 1 heterocycles. The van der Waals surface area contributed by atoms with Crippen molar-refractivity contribution >= 4 is 0 Å². The molecule has 0 saturated carbocycles. The van der Waals surface area contributed by atoms with Crippen LogP contribution in [0, 0.1) is 0 Å². The van der Waals surface area contributed by atoms with Crippen LogP contribution in [-0.4, -0.2) is 42.9 Å². The molecule has 28 heavy (non-hydrogen) atoms. The molecule has 0 amide bonds. The van der Waals surface area contributed by atoms with Crippen LogP contribution in [0.25, 0.3) is 0 Å². The van der Waals surface area contributed by atoms with Crippen molar-refractivity contribution in [2.45, 2.75) is 70.7 Å². The van der Waals surface area contributed by atoms with Gasteiger partial charge in [0.05, 0.1) is 13.2 Å². The highest BCUT2D eigenvalue weighted by Gasteiger charge is 2.24. The first-order valence-electron chi connectivity index (χ1n) is 10.4. The number of rotatable bonds is 14. The van der Waals surface area contributed by atoms with Gasteiger partial charge in [0.1, 0.15) is 6.10 Å². The minimum absolute atomic E-state index is 0.0469. The van der Waals surface area contributed by atoms with E-state index in [1.807, 2.05) is 0 Å². The molecule has 0 bridgehead atoms. The predicted octanol–water partition coefficient (Wildman–Crippen LogP) is 5.25. The molecule has 1 fully saturated rings. The highest BCUT2D eigenvalue weighted by atomic mass is 16.7. The second-order valence-electron chi connectivity index (χ2n) is 6.34. The average Bonchev–Trinajstić information content (AvgIpc) is 3.20. The average molecular weight is 393 g/mol. The third-order valence-electron chi connectivity index (χ3n) is 3.98. The quantitative estimate of drug-likeness (QED) is 0.313. The Bertz CT molecular complexity index is 463. The predicted molar refractivity (Wildman–Crippen MR) is 118 cm³/mol. The molecule has 1 saturated heterocycles. The number of hydrogen-bond acceptors (Lipinski definition) is 4. The van der Waals surface area contributed by atoms with Crippen LogP contribution < -0.4 is 0 Å². The first-order valence-corrected chi connectivity index (χ1v) is 10.4. The van der Waals surface area contributed by atoms with Crippen LogP contribution in [-0.2, 0) is 9.47 Å². The Morgan fingerprint density at radius 2 is 1.29 bits per heavy atom. The molecule has 1 aliphatic heterocycles. The Labute approximate surface area is 172 Å². The van der Waals surface area contributed by atoms with Crippen molar-refractivity contribution in [1.82, 2.24) is 0 Å². The summed E-state index contributed by atoms with van der Waals surface area (Å²) in [7, 11) is 1.00. The summed E-state index contributed by atoms with van der Waals surface area (Å²) >= 11 is 0. The van der Waals surface area contributed by atoms with E-state index in [0.29, 0.717) is 6.61 Å². The van der Waals surface area contributed by atoms with Gasteiger partial charge < -0.3 is 19.7 Å². The summed E-state index contributed by atoms with van der Waals surface area (Å²) in [6.45, 7) is 2.72. The van der Waals surface area contributed by atoms with Crippen LogP contribution in [0.1, 0.15) is 58.3 Å². The van der Waals surface area contributed by atoms with E-state index in [2.05, 4.69) is 67.7 Å². The maximum Gasteiger partial charge on any atom is 0.158 e. The highest BCUT2D eigenvalue weighted by Crippen LogP contribution is 2.16. The van der Waals surface area contributed by atoms with Crippen molar-refractivity contribution in [2.75, 3.05) is 20.3 Å². The zero-order chi connectivity index (χ0) is 20.7. The lowest BCUT2D eigenvalue weighted by molar-refractivity contribution is -0.0697. The lowest BCUT2D eigenvalue weighted by atomic mass is 10.2. The fourth-order valence-corrected chi connectivity index (χ4v) is 2.53. The van der Waals surface area contributed by atoms with E-state index in [1.54, 1.807) is 0 Å². The molecule has 0 spiro atoms. The third kappa shape index (κ3) is 16.7. The molecule has 2 N–H and O–H groups in total. The minimum atomic E-state index is -0.131. The van der Waals surface area contributed by atoms with Crippen molar-refractivity contribution in [3.8, 4) is 0 Å². The summed E-state index contributed by atoms with van der Waals surface area (Å²) in [5, 5.41) is 16.0. The number of ether oxygens (including phenoxy) is 2. The Morgan fingerprint density at radius 1 is 0.786 bits per heavy atom. The topological polar surface area (TPSA) is 58.9 Å². The molecule has 0 aromatic heterocycles. The normalized spacial score (nSPS) is 20.3. The number of hydrogen-bond donors (Lipinski definition) is 2. The molecule has 1 aliphatic rings. The van der Waals surface area contributed by atoms with Crippen molar-refractivity contribution in [3.63, 3.8) is 0 Å². The summed E-state index contributed by atoms with van der Waals surface area (Å²) in [6.07, 6.45) is 30.0. The second-order valence-corrected chi connectivity index (χ2v) is 6.34. The smallest absolute Gasteiger partial charge is 0.158 e. The number of unbranched alkanes of at least 4 members (excludes halogenated alkanes) is 1. The van der Waals surface area contributed by atoms with Crippen LogP contribution in [0.3, 0.4) is 0 Å². The molecule has 0 radical (unpaired) electrons. The van der Waals surface area contributed by atoms with Gasteiger partial charge in [-0.05, 0) is 51.4 Å². The monoisotopic (exact) mass is 392 g/mol. The van der Waals surface area contributed by atoms with Gasteiger partial charge in [0.15, 0.2) is 6.29 Å². The molecule has 4 nitrogen and oxygen atoms in total. The van der Waals surface area contributed by atoms with Gasteiger partial charge in [-0.25, -0.2) is 0 Å². The SMILES string of the molecule is CC/C=C\C/C=C\C/C=C\C/C=C\C/C=C\CCCC1OCC(CO)O1.CO.